The van der Waals surface area contributed by atoms with Gasteiger partial charge in [-0.25, -0.2) is 12.7 Å². The van der Waals surface area contributed by atoms with Crippen LogP contribution in [0.5, 0.6) is 0 Å². The number of fused-ring (bicyclic) bond motifs is 1. The van der Waals surface area contributed by atoms with E-state index in [1.807, 2.05) is 12.1 Å². The molecule has 2 aromatic rings. The van der Waals surface area contributed by atoms with E-state index in [1.165, 1.54) is 10.4 Å². The van der Waals surface area contributed by atoms with E-state index < -0.39 is 30.3 Å². The maximum Gasteiger partial charge on any atom is 0.261 e. The van der Waals surface area contributed by atoms with Crippen molar-refractivity contribution in [2.75, 3.05) is 12.4 Å². The molecule has 0 radical (unpaired) electrons. The zero-order valence-electron chi connectivity index (χ0n) is 27.5. The van der Waals surface area contributed by atoms with Gasteiger partial charge < -0.3 is 9.63 Å². The zero-order chi connectivity index (χ0) is 32.5. The first-order chi connectivity index (χ1) is 21.3. The molecular formula is C36H50N2O5SSi. The molecule has 45 heavy (non-hydrogen) atoms. The molecule has 1 spiro atoms. The lowest BCUT2D eigenvalue weighted by Gasteiger charge is -2.43. The number of carbonyl (C=O) groups is 1. The molecule has 0 aromatic heterocycles. The van der Waals surface area contributed by atoms with E-state index in [2.05, 4.69) is 100 Å². The molecular weight excluding hydrogens is 601 g/mol. The van der Waals surface area contributed by atoms with Gasteiger partial charge in [0.1, 0.15) is 6.04 Å². The van der Waals surface area contributed by atoms with Crippen LogP contribution in [0.3, 0.4) is 0 Å². The van der Waals surface area contributed by atoms with Crippen LogP contribution in [0.25, 0.3) is 0 Å². The van der Waals surface area contributed by atoms with E-state index >= 15 is 0 Å². The van der Waals surface area contributed by atoms with Gasteiger partial charge in [0, 0.05) is 24.9 Å². The molecule has 0 unspecified atom stereocenters. The van der Waals surface area contributed by atoms with Gasteiger partial charge in [-0.1, -0.05) is 95.3 Å². The van der Waals surface area contributed by atoms with Crippen molar-refractivity contribution in [3.8, 4) is 11.8 Å². The molecule has 5 rings (SSSR count). The Morgan fingerprint density at radius 1 is 1.04 bits per heavy atom. The number of nitrogens with zero attached hydrogens (tertiary/aromatic N) is 1. The second kappa shape index (κ2) is 13.0. The Labute approximate surface area is 271 Å². The van der Waals surface area contributed by atoms with Crippen LogP contribution in [-0.2, 0) is 19.2 Å². The fourth-order valence-corrected chi connectivity index (χ4v) is 15.9. The summed E-state index contributed by atoms with van der Waals surface area (Å²) < 4.78 is 34.6. The highest BCUT2D eigenvalue weighted by atomic mass is 32.2. The van der Waals surface area contributed by atoms with Crippen LogP contribution in [-0.4, -0.2) is 56.6 Å². The Balaban J connectivity index is 1.14. The van der Waals surface area contributed by atoms with Crippen LogP contribution in [0.4, 0.5) is 0 Å². The number of sulfonamides is 1. The monoisotopic (exact) mass is 650 g/mol. The lowest BCUT2D eigenvalue weighted by atomic mass is 9.69. The molecule has 3 aliphatic rings. The molecule has 2 aromatic carbocycles. The molecule has 244 valence electrons. The number of benzene rings is 2. The zero-order valence-corrected chi connectivity index (χ0v) is 29.3. The summed E-state index contributed by atoms with van der Waals surface area (Å²) in [6.45, 7) is 11.8. The van der Waals surface area contributed by atoms with Gasteiger partial charge in [0.05, 0.1) is 11.8 Å². The Morgan fingerprint density at radius 3 is 2.16 bits per heavy atom. The summed E-state index contributed by atoms with van der Waals surface area (Å²) in [5, 5.41) is 12.3. The molecule has 2 N–H and O–H groups in total. The first kappa shape index (κ1) is 33.9. The maximum absolute atomic E-state index is 13.5. The number of hydrogen-bond donors (Lipinski definition) is 2. The summed E-state index contributed by atoms with van der Waals surface area (Å²) in [6.07, 6.45) is 5.56. The Bertz CT molecular complexity index is 1470. The predicted molar refractivity (Wildman–Crippen MR) is 181 cm³/mol. The van der Waals surface area contributed by atoms with Crippen molar-refractivity contribution in [2.24, 2.45) is 16.7 Å². The molecule has 1 saturated heterocycles. The van der Waals surface area contributed by atoms with Crippen molar-refractivity contribution in [1.82, 2.24) is 9.79 Å². The second-order valence-corrected chi connectivity index (χ2v) is 20.9. The second-order valence-electron chi connectivity index (χ2n) is 14.8. The van der Waals surface area contributed by atoms with E-state index in [0.717, 1.165) is 30.0 Å². The van der Waals surface area contributed by atoms with E-state index in [9.17, 15) is 18.4 Å². The van der Waals surface area contributed by atoms with Gasteiger partial charge in [-0.05, 0) is 65.3 Å². The van der Waals surface area contributed by atoms with Crippen molar-refractivity contribution in [3.05, 3.63) is 60.7 Å². The van der Waals surface area contributed by atoms with Crippen molar-refractivity contribution in [3.63, 3.8) is 0 Å². The molecule has 7 nitrogen and oxygen atoms in total. The fraction of sp³-hybridized carbons (Fsp3) is 0.583. The minimum atomic E-state index is -3.72. The number of hydrogen-bond acceptors (Lipinski definition) is 6. The third kappa shape index (κ3) is 5.93. The SMILES string of the molecule is CC1(C)[C@@H]2CC[C@]13CS(=O)(=O)N(C(=O)[C@@H](CCCC#CCCCO[Si](c1ccccc1)(c1ccccc1)C(C)(C)C)NO)[C@@H]3C2. The highest BCUT2D eigenvalue weighted by molar-refractivity contribution is 7.90. The summed E-state index contributed by atoms with van der Waals surface area (Å²) in [5.41, 5.74) is 1.63. The maximum atomic E-state index is 13.5. The fourth-order valence-electron chi connectivity index (χ4n) is 8.69. The molecule has 2 saturated carbocycles. The Hall–Kier alpha value is -2.48. The third-order valence-electron chi connectivity index (χ3n) is 11.2. The largest absolute Gasteiger partial charge is 0.407 e. The minimum absolute atomic E-state index is 0.0311. The third-order valence-corrected chi connectivity index (χ3v) is 18.1. The van der Waals surface area contributed by atoms with E-state index in [4.69, 9.17) is 4.43 Å². The van der Waals surface area contributed by atoms with Gasteiger partial charge in [0.15, 0.2) is 0 Å². The van der Waals surface area contributed by atoms with Gasteiger partial charge in [-0.3, -0.25) is 4.79 Å². The van der Waals surface area contributed by atoms with Gasteiger partial charge in [0.25, 0.3) is 14.2 Å². The van der Waals surface area contributed by atoms with Crippen LogP contribution >= 0.6 is 0 Å². The average Bonchev–Trinajstić information content (AvgIpc) is 3.48. The van der Waals surface area contributed by atoms with Gasteiger partial charge in [-0.2, -0.15) is 5.48 Å². The molecule has 1 amide bonds. The standard InChI is InChI=1S/C36H50N2O5SSi/c1-34(2,3)45(29-18-12-10-13-19-29,30-20-14-11-15-21-30)43-25-17-9-7-6-8-16-22-31(37-40)33(39)38-32-26-28-23-24-36(32,35(28,4)5)27-44(38,41)42/h10-15,18-21,28,31-32,37,40H,8-9,16-17,22-27H2,1-5H3/t28-,31-,32-,36-/m1/s1. The summed E-state index contributed by atoms with van der Waals surface area (Å²) in [4.78, 5) is 13.5. The lowest BCUT2D eigenvalue weighted by Crippen LogP contribution is -2.66. The van der Waals surface area contributed by atoms with Gasteiger partial charge >= 0.3 is 0 Å². The normalized spacial score (nSPS) is 25.4. The van der Waals surface area contributed by atoms with Gasteiger partial charge in [0.2, 0.25) is 10.0 Å². The number of unbranched alkanes of at least 4 members (excludes halogenated alkanes) is 2. The van der Waals surface area contributed by atoms with E-state index in [-0.39, 0.29) is 27.7 Å². The van der Waals surface area contributed by atoms with E-state index in [1.54, 1.807) is 0 Å². The Kier molecular flexibility index (Phi) is 9.75. The van der Waals surface area contributed by atoms with Crippen molar-refractivity contribution < 1.29 is 22.8 Å². The number of hydroxylamine groups is 1. The molecule has 9 heteroatoms. The smallest absolute Gasteiger partial charge is 0.261 e. The Morgan fingerprint density at radius 2 is 1.62 bits per heavy atom. The van der Waals surface area contributed by atoms with Crippen molar-refractivity contribution >= 4 is 34.6 Å². The summed E-state index contributed by atoms with van der Waals surface area (Å²) in [6, 6.07) is 20.0. The molecule has 2 aliphatic carbocycles. The van der Waals surface area contributed by atoms with Crippen LogP contribution < -0.4 is 15.9 Å². The number of rotatable bonds is 11. The topological polar surface area (TPSA) is 95.9 Å². The number of carbonyl (C=O) groups excluding carboxylic acids is 1. The average molecular weight is 651 g/mol. The van der Waals surface area contributed by atoms with Crippen molar-refractivity contribution in [2.45, 2.75) is 103 Å². The van der Waals surface area contributed by atoms with Crippen LogP contribution in [0, 0.1) is 28.6 Å². The van der Waals surface area contributed by atoms with Crippen LogP contribution in [0.2, 0.25) is 5.04 Å². The highest BCUT2D eigenvalue weighted by Crippen LogP contribution is 2.70. The summed E-state index contributed by atoms with van der Waals surface area (Å²) in [5.74, 6) is 6.38. The first-order valence-electron chi connectivity index (χ1n) is 16.5. The highest BCUT2D eigenvalue weighted by Gasteiger charge is 2.72. The van der Waals surface area contributed by atoms with Crippen LogP contribution in [0.15, 0.2) is 60.7 Å². The van der Waals surface area contributed by atoms with Crippen LogP contribution in [0.1, 0.15) is 86.0 Å². The molecule has 4 atom stereocenters. The quantitative estimate of drug-likeness (QED) is 0.150. The molecule has 1 aliphatic heterocycles. The number of amides is 1. The molecule has 2 bridgehead atoms. The molecule has 3 fully saturated rings. The summed E-state index contributed by atoms with van der Waals surface area (Å²) >= 11 is 0. The van der Waals surface area contributed by atoms with Gasteiger partial charge in [-0.15, -0.1) is 11.8 Å². The first-order valence-corrected chi connectivity index (χ1v) is 20.0. The molecule has 1 heterocycles. The predicted octanol–water partition coefficient (Wildman–Crippen LogP) is 5.23. The summed E-state index contributed by atoms with van der Waals surface area (Å²) in [7, 11) is -6.28. The van der Waals surface area contributed by atoms with Crippen molar-refractivity contribution in [1.29, 1.82) is 0 Å². The minimum Gasteiger partial charge on any atom is -0.407 e. The number of nitrogens with one attached hydrogen (secondary N) is 1. The van der Waals surface area contributed by atoms with E-state index in [0.29, 0.717) is 38.2 Å². The lowest BCUT2D eigenvalue weighted by molar-refractivity contribution is -0.134.